The molecule has 23 heavy (non-hydrogen) atoms. The van der Waals surface area contributed by atoms with Crippen molar-refractivity contribution in [2.24, 2.45) is 0 Å². The second-order valence-corrected chi connectivity index (χ2v) is 5.24. The first-order valence-electron chi connectivity index (χ1n) is 7.48. The molecule has 2 aromatic carbocycles. The molecule has 1 heterocycles. The summed E-state index contributed by atoms with van der Waals surface area (Å²) in [5, 5.41) is 9.63. The first kappa shape index (κ1) is 15.5. The van der Waals surface area contributed by atoms with E-state index >= 15 is 0 Å². The number of fused-ring (bicyclic) bond motifs is 2. The van der Waals surface area contributed by atoms with E-state index < -0.39 is 0 Å². The lowest BCUT2D eigenvalue weighted by molar-refractivity contribution is 0.0708. The molecule has 0 amide bonds. The number of ether oxygens (including phenoxy) is 2. The second kappa shape index (κ2) is 6.81. The quantitative estimate of drug-likeness (QED) is 0.559. The van der Waals surface area contributed by atoms with Crippen molar-refractivity contribution < 1.29 is 19.0 Å². The van der Waals surface area contributed by atoms with Gasteiger partial charge >= 0.3 is 0 Å². The Hall–Kier alpha value is -2.37. The Kier molecular flexibility index (Phi) is 4.60. The third kappa shape index (κ3) is 3.21. The molecule has 0 atom stereocenters. The predicted molar refractivity (Wildman–Crippen MR) is 88.1 cm³/mol. The second-order valence-electron chi connectivity index (χ2n) is 5.24. The van der Waals surface area contributed by atoms with Crippen LogP contribution in [0.15, 0.2) is 45.6 Å². The van der Waals surface area contributed by atoms with Crippen LogP contribution in [0.4, 0.5) is 0 Å². The first-order valence-corrected chi connectivity index (χ1v) is 7.48. The number of aliphatic hydroxyl groups is 1. The number of aliphatic hydroxyl groups excluding tert-OH is 1. The zero-order valence-electron chi connectivity index (χ0n) is 12.9. The summed E-state index contributed by atoms with van der Waals surface area (Å²) in [6, 6.07) is 10.8. The molecule has 0 aliphatic carbocycles. The van der Waals surface area contributed by atoms with E-state index in [9.17, 15) is 4.79 Å². The maximum absolute atomic E-state index is 12.8. The summed E-state index contributed by atoms with van der Waals surface area (Å²) in [7, 11) is 0. The van der Waals surface area contributed by atoms with Crippen molar-refractivity contribution in [2.75, 3.05) is 26.4 Å². The third-order valence-corrected chi connectivity index (χ3v) is 3.54. The molecule has 3 rings (SSSR count). The van der Waals surface area contributed by atoms with Crippen LogP contribution in [0.2, 0.25) is 0 Å². The first-order chi connectivity index (χ1) is 11.2. The average molecular weight is 314 g/mol. The van der Waals surface area contributed by atoms with E-state index in [0.717, 1.165) is 5.56 Å². The van der Waals surface area contributed by atoms with Gasteiger partial charge in [-0.05, 0) is 36.8 Å². The lowest BCUT2D eigenvalue weighted by Gasteiger charge is -2.09. The smallest absolute Gasteiger partial charge is 0.204 e. The molecule has 0 unspecified atom stereocenters. The molecule has 0 radical (unpaired) electrons. The third-order valence-electron chi connectivity index (χ3n) is 3.54. The van der Waals surface area contributed by atoms with Crippen LogP contribution < -0.4 is 10.2 Å². The number of benzene rings is 2. The van der Waals surface area contributed by atoms with E-state index in [1.807, 2.05) is 19.1 Å². The summed E-state index contributed by atoms with van der Waals surface area (Å²) in [5.41, 5.74) is 2.01. The largest absolute Gasteiger partial charge is 0.490 e. The van der Waals surface area contributed by atoms with Gasteiger partial charge in [0.25, 0.3) is 0 Å². The normalized spacial score (nSPS) is 11.2. The van der Waals surface area contributed by atoms with Crippen LogP contribution in [0.25, 0.3) is 21.9 Å². The van der Waals surface area contributed by atoms with Gasteiger partial charge in [-0.25, -0.2) is 0 Å². The van der Waals surface area contributed by atoms with Gasteiger partial charge in [0, 0.05) is 0 Å². The SMILES string of the molecule is Cc1ccc2c(=O)c3c(OCCOCCO)cccc3oc2c1. The Labute approximate surface area is 133 Å². The van der Waals surface area contributed by atoms with Gasteiger partial charge in [0.1, 0.15) is 28.9 Å². The van der Waals surface area contributed by atoms with Gasteiger partial charge < -0.3 is 19.0 Å². The average Bonchev–Trinajstić information content (AvgIpc) is 2.54. The minimum atomic E-state index is -0.104. The van der Waals surface area contributed by atoms with Gasteiger partial charge in [0.15, 0.2) is 0 Å². The highest BCUT2D eigenvalue weighted by atomic mass is 16.5. The lowest BCUT2D eigenvalue weighted by atomic mass is 10.1. The van der Waals surface area contributed by atoms with Crippen LogP contribution in [-0.4, -0.2) is 31.5 Å². The van der Waals surface area contributed by atoms with Crippen molar-refractivity contribution in [3.05, 3.63) is 52.2 Å². The number of hydrogen-bond acceptors (Lipinski definition) is 5. The molecule has 5 heteroatoms. The number of rotatable bonds is 6. The summed E-state index contributed by atoms with van der Waals surface area (Å²) < 4.78 is 16.7. The molecular weight excluding hydrogens is 296 g/mol. The zero-order chi connectivity index (χ0) is 16.2. The van der Waals surface area contributed by atoms with Crippen LogP contribution in [0.5, 0.6) is 5.75 Å². The monoisotopic (exact) mass is 314 g/mol. The molecule has 0 saturated carbocycles. The minimum Gasteiger partial charge on any atom is -0.490 e. The molecule has 1 N–H and O–H groups in total. The van der Waals surface area contributed by atoms with Crippen LogP contribution >= 0.6 is 0 Å². The van der Waals surface area contributed by atoms with E-state index in [-0.39, 0.29) is 18.6 Å². The van der Waals surface area contributed by atoms with Crippen LogP contribution in [0.3, 0.4) is 0 Å². The maximum atomic E-state index is 12.8. The Morgan fingerprint density at radius 1 is 1.09 bits per heavy atom. The van der Waals surface area contributed by atoms with E-state index in [2.05, 4.69) is 0 Å². The summed E-state index contributed by atoms with van der Waals surface area (Å²) in [6.45, 7) is 2.84. The molecule has 0 fully saturated rings. The summed E-state index contributed by atoms with van der Waals surface area (Å²) in [6.07, 6.45) is 0. The molecule has 3 aromatic rings. The molecule has 0 spiro atoms. The summed E-state index contributed by atoms with van der Waals surface area (Å²) in [4.78, 5) is 12.8. The summed E-state index contributed by atoms with van der Waals surface area (Å²) >= 11 is 0. The van der Waals surface area contributed by atoms with Gasteiger partial charge in [-0.2, -0.15) is 0 Å². The van der Waals surface area contributed by atoms with Gasteiger partial charge in [-0.15, -0.1) is 0 Å². The Morgan fingerprint density at radius 3 is 2.78 bits per heavy atom. The minimum absolute atomic E-state index is 0.0245. The van der Waals surface area contributed by atoms with Gasteiger partial charge in [-0.3, -0.25) is 4.79 Å². The van der Waals surface area contributed by atoms with Crippen LogP contribution in [0.1, 0.15) is 5.56 Å². The van der Waals surface area contributed by atoms with Crippen molar-refractivity contribution >= 4 is 21.9 Å². The highest BCUT2D eigenvalue weighted by molar-refractivity contribution is 5.93. The number of aryl methyl sites for hydroxylation is 1. The van der Waals surface area contributed by atoms with Crippen LogP contribution in [0, 0.1) is 6.92 Å². The fourth-order valence-electron chi connectivity index (χ4n) is 2.47. The van der Waals surface area contributed by atoms with Crippen molar-refractivity contribution in [2.45, 2.75) is 6.92 Å². The Bertz CT molecular complexity index is 882. The van der Waals surface area contributed by atoms with E-state index in [0.29, 0.717) is 40.9 Å². The molecular formula is C18H18O5. The molecule has 0 aliphatic rings. The van der Waals surface area contributed by atoms with Crippen LogP contribution in [-0.2, 0) is 4.74 Å². The lowest BCUT2D eigenvalue weighted by Crippen LogP contribution is -2.11. The Morgan fingerprint density at radius 2 is 1.96 bits per heavy atom. The standard InChI is InChI=1S/C18H18O5/c1-12-5-6-13-16(11-12)23-15-4-2-3-14(17(15)18(13)20)22-10-9-21-8-7-19/h2-6,11,19H,7-10H2,1H3. The van der Waals surface area contributed by atoms with E-state index in [1.165, 1.54) is 0 Å². The molecule has 120 valence electrons. The van der Waals surface area contributed by atoms with Crippen molar-refractivity contribution in [1.82, 2.24) is 0 Å². The molecule has 0 bridgehead atoms. The number of hydrogen-bond donors (Lipinski definition) is 1. The van der Waals surface area contributed by atoms with Crippen molar-refractivity contribution in [3.63, 3.8) is 0 Å². The highest BCUT2D eigenvalue weighted by Gasteiger charge is 2.12. The van der Waals surface area contributed by atoms with Gasteiger partial charge in [-0.1, -0.05) is 12.1 Å². The fraction of sp³-hybridized carbons (Fsp3) is 0.278. The fourth-order valence-corrected chi connectivity index (χ4v) is 2.47. The summed E-state index contributed by atoms with van der Waals surface area (Å²) in [5.74, 6) is 0.478. The predicted octanol–water partition coefficient (Wildman–Crippen LogP) is 2.64. The zero-order valence-corrected chi connectivity index (χ0v) is 12.9. The van der Waals surface area contributed by atoms with Crippen molar-refractivity contribution in [1.29, 1.82) is 0 Å². The topological polar surface area (TPSA) is 68.9 Å². The Balaban J connectivity index is 1.99. The van der Waals surface area contributed by atoms with E-state index in [4.69, 9.17) is 19.0 Å². The van der Waals surface area contributed by atoms with Crippen molar-refractivity contribution in [3.8, 4) is 5.75 Å². The highest BCUT2D eigenvalue weighted by Crippen LogP contribution is 2.26. The van der Waals surface area contributed by atoms with Gasteiger partial charge in [0.2, 0.25) is 5.43 Å². The molecule has 1 aromatic heterocycles. The van der Waals surface area contributed by atoms with E-state index in [1.54, 1.807) is 24.3 Å². The maximum Gasteiger partial charge on any atom is 0.204 e. The molecule has 0 saturated heterocycles. The van der Waals surface area contributed by atoms with Gasteiger partial charge in [0.05, 0.1) is 25.2 Å². The molecule has 5 nitrogen and oxygen atoms in total. The molecule has 0 aliphatic heterocycles.